The maximum absolute atomic E-state index is 11.9. The van der Waals surface area contributed by atoms with Crippen LogP contribution in [-0.2, 0) is 14.3 Å². The Balaban J connectivity index is 1.77. The quantitative estimate of drug-likeness (QED) is 0.199. The summed E-state index contributed by atoms with van der Waals surface area (Å²) in [6.45, 7) is 5.97. The number of nitrogens with one attached hydrogen (secondary N) is 1. The topological polar surface area (TPSA) is 89.2 Å². The van der Waals surface area contributed by atoms with Gasteiger partial charge in [0.25, 0.3) is 0 Å². The number of nitrogens with two attached hydrogens (primary N) is 1. The zero-order valence-electron chi connectivity index (χ0n) is 13.1. The van der Waals surface area contributed by atoms with Gasteiger partial charge in [-0.25, -0.2) is 4.79 Å². The van der Waals surface area contributed by atoms with Gasteiger partial charge in [-0.05, 0) is 50.4 Å². The van der Waals surface area contributed by atoms with Crippen molar-refractivity contribution >= 4 is 29.5 Å². The summed E-state index contributed by atoms with van der Waals surface area (Å²) in [7, 11) is 0. The van der Waals surface area contributed by atoms with Gasteiger partial charge < -0.3 is 15.2 Å². The summed E-state index contributed by atoms with van der Waals surface area (Å²) in [5.41, 5.74) is 9.32. The Hall–Kier alpha value is -1.73. The van der Waals surface area contributed by atoms with E-state index in [0.717, 1.165) is 31.3 Å². The number of carbonyl (C=O) groups is 1. The SMILES string of the molecule is C=C1C(=O)O[C@H]2[C@H]1CCC(/C=N/NC(N)=S)=C\CC[C@@]1(C)O[C@@H]21. The number of ether oxygens (including phenoxy) is 2. The lowest BCUT2D eigenvalue weighted by Crippen LogP contribution is -2.29. The number of epoxide rings is 1. The molecule has 0 saturated carbocycles. The molecular weight excluding hydrogens is 314 g/mol. The third-order valence-corrected chi connectivity index (χ3v) is 4.88. The molecule has 0 spiro atoms. The predicted molar refractivity (Wildman–Crippen MR) is 90.8 cm³/mol. The lowest BCUT2D eigenvalue weighted by Gasteiger charge is -2.19. The number of thiocarbonyl (C=S) groups is 1. The average molecular weight is 335 g/mol. The molecule has 0 bridgehead atoms. The van der Waals surface area contributed by atoms with Crippen LogP contribution >= 0.6 is 12.2 Å². The van der Waals surface area contributed by atoms with Crippen molar-refractivity contribution in [1.82, 2.24) is 5.43 Å². The van der Waals surface area contributed by atoms with Crippen LogP contribution in [0.4, 0.5) is 0 Å². The van der Waals surface area contributed by atoms with Crippen molar-refractivity contribution in [3.8, 4) is 0 Å². The summed E-state index contributed by atoms with van der Waals surface area (Å²) in [5, 5.41) is 4.16. The normalized spacial score (nSPS) is 39.0. The molecule has 3 rings (SSSR count). The highest BCUT2D eigenvalue weighted by molar-refractivity contribution is 7.80. The van der Waals surface area contributed by atoms with Gasteiger partial charge in [0.05, 0.1) is 11.8 Å². The molecule has 0 amide bonds. The molecular formula is C16H21N3O3S. The van der Waals surface area contributed by atoms with Crippen LogP contribution in [0.1, 0.15) is 32.6 Å². The molecule has 2 heterocycles. The first-order chi connectivity index (χ1) is 10.9. The van der Waals surface area contributed by atoms with Crippen LogP contribution in [0.3, 0.4) is 0 Å². The molecule has 2 saturated heterocycles. The minimum Gasteiger partial charge on any atom is -0.455 e. The lowest BCUT2D eigenvalue weighted by molar-refractivity contribution is -0.140. The van der Waals surface area contributed by atoms with Crippen LogP contribution in [0.25, 0.3) is 0 Å². The molecule has 0 aromatic heterocycles. The second-order valence-electron chi connectivity index (χ2n) is 6.44. The summed E-state index contributed by atoms with van der Waals surface area (Å²) in [4.78, 5) is 11.9. The number of fused-ring (bicyclic) bond motifs is 3. The van der Waals surface area contributed by atoms with Crippen LogP contribution in [0.2, 0.25) is 0 Å². The highest BCUT2D eigenvalue weighted by atomic mass is 32.1. The van der Waals surface area contributed by atoms with Crippen molar-refractivity contribution in [1.29, 1.82) is 0 Å². The van der Waals surface area contributed by atoms with Crippen molar-refractivity contribution in [3.05, 3.63) is 23.8 Å². The summed E-state index contributed by atoms with van der Waals surface area (Å²) < 4.78 is 11.4. The first kappa shape index (κ1) is 16.1. The van der Waals surface area contributed by atoms with Gasteiger partial charge in [0.1, 0.15) is 12.2 Å². The fourth-order valence-corrected chi connectivity index (χ4v) is 3.43. The number of rotatable bonds is 2. The minimum atomic E-state index is -0.300. The first-order valence-corrected chi connectivity index (χ1v) is 8.17. The highest BCUT2D eigenvalue weighted by Crippen LogP contribution is 2.49. The number of hydrogen-bond acceptors (Lipinski definition) is 5. The minimum absolute atomic E-state index is 0.00670. The number of esters is 1. The molecule has 23 heavy (non-hydrogen) atoms. The average Bonchev–Trinajstić information content (AvgIpc) is 3.07. The Labute approximate surface area is 140 Å². The van der Waals surface area contributed by atoms with Crippen molar-refractivity contribution in [2.45, 2.75) is 50.4 Å². The second-order valence-corrected chi connectivity index (χ2v) is 6.88. The van der Waals surface area contributed by atoms with Crippen molar-refractivity contribution in [2.75, 3.05) is 0 Å². The summed E-state index contributed by atoms with van der Waals surface area (Å²) in [5.74, 6) is -0.306. The fraction of sp³-hybridized carbons (Fsp3) is 0.562. The van der Waals surface area contributed by atoms with Gasteiger partial charge in [0.2, 0.25) is 0 Å². The first-order valence-electron chi connectivity index (χ1n) is 7.76. The molecule has 7 heteroatoms. The van der Waals surface area contributed by atoms with Crippen LogP contribution < -0.4 is 11.2 Å². The highest BCUT2D eigenvalue weighted by Gasteiger charge is 2.61. The van der Waals surface area contributed by atoms with Crippen molar-refractivity contribution < 1.29 is 14.3 Å². The predicted octanol–water partition coefficient (Wildman–Crippen LogP) is 1.56. The van der Waals surface area contributed by atoms with Gasteiger partial charge >= 0.3 is 5.97 Å². The standard InChI is InChI=1S/C16H21N3O3S/c1-9-11-6-5-10(8-18-19-15(17)23)4-3-7-16(2)13(22-16)12(11)21-14(9)20/h4,8,11-13H,1,3,5-7H2,2H3,(H3,17,19,23)/b10-4+,18-8+/t11-,12-,13-,16+/m0/s1. The second kappa shape index (κ2) is 6.05. The van der Waals surface area contributed by atoms with Gasteiger partial charge in [-0.15, -0.1) is 0 Å². The molecule has 0 unspecified atom stereocenters. The van der Waals surface area contributed by atoms with Crippen LogP contribution in [0, 0.1) is 5.92 Å². The van der Waals surface area contributed by atoms with Crippen molar-refractivity contribution in [3.63, 3.8) is 0 Å². The van der Waals surface area contributed by atoms with E-state index in [0.29, 0.717) is 5.57 Å². The third kappa shape index (κ3) is 3.30. The zero-order valence-corrected chi connectivity index (χ0v) is 13.9. The molecule has 0 aromatic rings. The van der Waals surface area contributed by atoms with E-state index in [4.69, 9.17) is 27.4 Å². The lowest BCUT2D eigenvalue weighted by atomic mass is 9.84. The molecule has 3 aliphatic rings. The largest absolute Gasteiger partial charge is 0.455 e. The molecule has 0 aromatic carbocycles. The molecule has 4 atom stereocenters. The Morgan fingerprint density at radius 1 is 1.65 bits per heavy atom. The molecule has 124 valence electrons. The van der Waals surface area contributed by atoms with Crippen LogP contribution in [-0.4, -0.2) is 35.1 Å². The van der Waals surface area contributed by atoms with E-state index < -0.39 is 0 Å². The van der Waals surface area contributed by atoms with E-state index in [2.05, 4.69) is 30.1 Å². The Kier molecular flexibility index (Phi) is 4.25. The number of hydrazone groups is 1. The molecule has 2 fully saturated rings. The Morgan fingerprint density at radius 3 is 3.17 bits per heavy atom. The molecule has 3 N–H and O–H groups in total. The van der Waals surface area contributed by atoms with Gasteiger partial charge in [-0.2, -0.15) is 5.10 Å². The summed E-state index contributed by atoms with van der Waals surface area (Å²) in [6, 6.07) is 0. The number of carbonyl (C=O) groups excluding carboxylic acids is 1. The third-order valence-electron chi connectivity index (χ3n) is 4.79. The molecule has 0 radical (unpaired) electrons. The number of nitrogens with zero attached hydrogens (tertiary/aromatic N) is 1. The summed E-state index contributed by atoms with van der Waals surface area (Å²) in [6.07, 6.45) is 6.96. The van der Waals surface area contributed by atoms with E-state index in [1.54, 1.807) is 6.21 Å². The van der Waals surface area contributed by atoms with Gasteiger partial charge in [-0.3, -0.25) is 5.43 Å². The maximum Gasteiger partial charge on any atom is 0.334 e. The molecule has 1 aliphatic carbocycles. The smallest absolute Gasteiger partial charge is 0.334 e. The Morgan fingerprint density at radius 2 is 2.43 bits per heavy atom. The Bertz CT molecular complexity index is 616. The van der Waals surface area contributed by atoms with Crippen molar-refractivity contribution in [2.24, 2.45) is 16.8 Å². The van der Waals surface area contributed by atoms with E-state index >= 15 is 0 Å². The van der Waals surface area contributed by atoms with Gasteiger partial charge in [-0.1, -0.05) is 12.7 Å². The van der Waals surface area contributed by atoms with E-state index in [1.165, 1.54) is 0 Å². The monoisotopic (exact) mass is 335 g/mol. The van der Waals surface area contributed by atoms with Crippen LogP contribution in [0.15, 0.2) is 28.9 Å². The van der Waals surface area contributed by atoms with E-state index in [-0.39, 0.29) is 34.8 Å². The maximum atomic E-state index is 11.9. The fourth-order valence-electron chi connectivity index (χ4n) is 3.38. The van der Waals surface area contributed by atoms with Gasteiger partial charge in [0.15, 0.2) is 5.11 Å². The molecule has 2 aliphatic heterocycles. The molecule has 6 nitrogen and oxygen atoms in total. The van der Waals surface area contributed by atoms with E-state index in [9.17, 15) is 4.79 Å². The van der Waals surface area contributed by atoms with E-state index in [1.807, 2.05) is 0 Å². The summed E-state index contributed by atoms with van der Waals surface area (Å²) >= 11 is 4.73. The van der Waals surface area contributed by atoms with Gasteiger partial charge in [0, 0.05) is 11.5 Å². The number of allylic oxidation sites excluding steroid dienone is 2. The number of hydrogen-bond donors (Lipinski definition) is 2. The zero-order chi connectivity index (χ0) is 16.6. The van der Waals surface area contributed by atoms with Crippen LogP contribution in [0.5, 0.6) is 0 Å².